The number of nitrogens with one attached hydrogen (secondary N) is 2. The fourth-order valence-corrected chi connectivity index (χ4v) is 2.88. The summed E-state index contributed by atoms with van der Waals surface area (Å²) in [6.07, 6.45) is -0.503. The maximum absolute atomic E-state index is 12.4. The van der Waals surface area contributed by atoms with Crippen LogP contribution in [-0.2, 0) is 19.1 Å². The maximum Gasteiger partial charge on any atom is 0.411 e. The molecule has 30 heavy (non-hydrogen) atoms. The summed E-state index contributed by atoms with van der Waals surface area (Å²) in [4.78, 5) is 37.8. The third kappa shape index (κ3) is 5.71. The number of ether oxygens (including phenoxy) is 3. The van der Waals surface area contributed by atoms with Gasteiger partial charge < -0.3 is 24.4 Å². The predicted octanol–water partition coefficient (Wildman–Crippen LogP) is 2.64. The average molecular weight is 413 g/mol. The molecule has 0 unspecified atom stereocenters. The molecule has 1 aliphatic rings. The normalized spacial score (nSPS) is 12.6. The van der Waals surface area contributed by atoms with Gasteiger partial charge in [-0.15, -0.1) is 0 Å². The molecule has 0 bridgehead atoms. The Hall–Kier alpha value is -3.59. The molecule has 9 nitrogen and oxygen atoms in total. The number of para-hydroxylation sites is 2. The van der Waals surface area contributed by atoms with E-state index in [-0.39, 0.29) is 38.0 Å². The summed E-state index contributed by atoms with van der Waals surface area (Å²) in [6, 6.07) is 13.9. The van der Waals surface area contributed by atoms with E-state index in [1.54, 1.807) is 41.3 Å². The Labute approximate surface area is 173 Å². The molecule has 1 heterocycles. The van der Waals surface area contributed by atoms with Crippen LogP contribution in [0.2, 0.25) is 0 Å². The minimum Gasteiger partial charge on any atom is -0.482 e. The summed E-state index contributed by atoms with van der Waals surface area (Å²) < 4.78 is 15.2. The highest BCUT2D eigenvalue weighted by Gasteiger charge is 2.25. The standard InChI is InChI=1S/C21H23N3O6/c1-28-11-12-29-21(27)23-16-6-4-5-15(13-16)22-19(25)9-10-24-17-7-2-3-8-18(17)30-14-20(24)26/h2-8,13H,9-12,14H2,1H3,(H,22,25)(H,23,27). The molecule has 0 saturated carbocycles. The molecule has 0 aliphatic carbocycles. The smallest absolute Gasteiger partial charge is 0.411 e. The molecule has 3 amide bonds. The topological polar surface area (TPSA) is 106 Å². The first-order chi connectivity index (χ1) is 14.6. The highest BCUT2D eigenvalue weighted by molar-refractivity contribution is 5.99. The first-order valence-electron chi connectivity index (χ1n) is 9.41. The van der Waals surface area contributed by atoms with Crippen molar-refractivity contribution >= 4 is 35.0 Å². The van der Waals surface area contributed by atoms with Gasteiger partial charge in [0.15, 0.2) is 6.61 Å². The maximum atomic E-state index is 12.4. The molecular formula is C21H23N3O6. The lowest BCUT2D eigenvalue weighted by atomic mass is 10.2. The summed E-state index contributed by atoms with van der Waals surface area (Å²) in [5, 5.41) is 5.35. The van der Waals surface area contributed by atoms with Gasteiger partial charge in [-0.3, -0.25) is 14.9 Å². The van der Waals surface area contributed by atoms with Gasteiger partial charge in [0, 0.05) is 31.5 Å². The quantitative estimate of drug-likeness (QED) is 0.645. The van der Waals surface area contributed by atoms with Crippen LogP contribution in [-0.4, -0.2) is 51.4 Å². The van der Waals surface area contributed by atoms with Crippen LogP contribution in [0, 0.1) is 0 Å². The number of fused-ring (bicyclic) bond motifs is 1. The van der Waals surface area contributed by atoms with Crippen molar-refractivity contribution < 1.29 is 28.6 Å². The van der Waals surface area contributed by atoms with Gasteiger partial charge in [-0.1, -0.05) is 18.2 Å². The number of nitrogens with zero attached hydrogens (tertiary/aromatic N) is 1. The number of methoxy groups -OCH3 is 1. The summed E-state index contributed by atoms with van der Waals surface area (Å²) in [5.74, 6) is 0.167. The Kier molecular flexibility index (Phi) is 7.23. The van der Waals surface area contributed by atoms with E-state index in [0.717, 1.165) is 0 Å². The van der Waals surface area contributed by atoms with Crippen LogP contribution in [0.3, 0.4) is 0 Å². The van der Waals surface area contributed by atoms with Crippen LogP contribution in [0.5, 0.6) is 5.75 Å². The number of rotatable bonds is 8. The Balaban J connectivity index is 1.53. The highest BCUT2D eigenvalue weighted by atomic mass is 16.6. The zero-order valence-electron chi connectivity index (χ0n) is 16.6. The molecule has 0 fully saturated rings. The van der Waals surface area contributed by atoms with Gasteiger partial charge in [-0.25, -0.2) is 4.79 Å². The molecule has 2 aromatic rings. The van der Waals surface area contributed by atoms with Gasteiger partial charge in [0.2, 0.25) is 5.91 Å². The number of benzene rings is 2. The molecule has 9 heteroatoms. The molecule has 3 rings (SSSR count). The van der Waals surface area contributed by atoms with Crippen molar-refractivity contribution in [2.75, 3.05) is 49.0 Å². The number of anilines is 3. The molecule has 2 aromatic carbocycles. The highest BCUT2D eigenvalue weighted by Crippen LogP contribution is 2.31. The van der Waals surface area contributed by atoms with Gasteiger partial charge >= 0.3 is 6.09 Å². The van der Waals surface area contributed by atoms with Crippen molar-refractivity contribution in [3.63, 3.8) is 0 Å². The number of carbonyl (C=O) groups excluding carboxylic acids is 3. The molecule has 0 spiro atoms. The molecular weight excluding hydrogens is 390 g/mol. The van der Waals surface area contributed by atoms with Crippen molar-refractivity contribution in [1.82, 2.24) is 0 Å². The van der Waals surface area contributed by atoms with Crippen molar-refractivity contribution in [2.45, 2.75) is 6.42 Å². The number of amides is 3. The molecule has 158 valence electrons. The molecule has 0 saturated heterocycles. The molecule has 2 N–H and O–H groups in total. The van der Waals surface area contributed by atoms with Crippen LogP contribution in [0.15, 0.2) is 48.5 Å². The third-order valence-corrected chi connectivity index (χ3v) is 4.28. The molecule has 1 aliphatic heterocycles. The van der Waals surface area contributed by atoms with Crippen LogP contribution in [0.1, 0.15) is 6.42 Å². The predicted molar refractivity (Wildman–Crippen MR) is 111 cm³/mol. The number of hydrogen-bond donors (Lipinski definition) is 2. The third-order valence-electron chi connectivity index (χ3n) is 4.28. The van der Waals surface area contributed by atoms with Crippen molar-refractivity contribution in [3.8, 4) is 5.75 Å². The minimum atomic E-state index is -0.611. The monoisotopic (exact) mass is 413 g/mol. The van der Waals surface area contributed by atoms with Gasteiger partial charge in [-0.2, -0.15) is 0 Å². The average Bonchev–Trinajstić information content (AvgIpc) is 2.73. The SMILES string of the molecule is COCCOC(=O)Nc1cccc(NC(=O)CCN2C(=O)COc3ccccc32)c1. The van der Waals surface area contributed by atoms with Crippen molar-refractivity contribution in [2.24, 2.45) is 0 Å². The first kappa shape index (κ1) is 21.1. The lowest BCUT2D eigenvalue weighted by Gasteiger charge is -2.29. The summed E-state index contributed by atoms with van der Waals surface area (Å²) in [7, 11) is 1.52. The Morgan fingerprint density at radius 2 is 1.83 bits per heavy atom. The van der Waals surface area contributed by atoms with E-state index in [2.05, 4.69) is 10.6 Å². The Morgan fingerprint density at radius 3 is 2.63 bits per heavy atom. The first-order valence-corrected chi connectivity index (χ1v) is 9.41. The fourth-order valence-electron chi connectivity index (χ4n) is 2.88. The Morgan fingerprint density at radius 1 is 1.07 bits per heavy atom. The van der Waals surface area contributed by atoms with Crippen LogP contribution < -0.4 is 20.3 Å². The van der Waals surface area contributed by atoms with Gasteiger partial charge in [0.1, 0.15) is 12.4 Å². The van der Waals surface area contributed by atoms with Gasteiger partial charge in [-0.05, 0) is 30.3 Å². The largest absolute Gasteiger partial charge is 0.482 e. The van der Waals surface area contributed by atoms with Crippen LogP contribution in [0.25, 0.3) is 0 Å². The van der Waals surface area contributed by atoms with E-state index >= 15 is 0 Å². The van der Waals surface area contributed by atoms with E-state index in [4.69, 9.17) is 14.2 Å². The van der Waals surface area contributed by atoms with Crippen molar-refractivity contribution in [3.05, 3.63) is 48.5 Å². The number of carbonyl (C=O) groups is 3. The second-order valence-electron chi connectivity index (χ2n) is 6.43. The minimum absolute atomic E-state index is 0.0488. The second kappa shape index (κ2) is 10.3. The van der Waals surface area contributed by atoms with E-state index in [9.17, 15) is 14.4 Å². The summed E-state index contributed by atoms with van der Waals surface area (Å²) in [6.45, 7) is 0.628. The van der Waals surface area contributed by atoms with Crippen LogP contribution in [0.4, 0.5) is 21.9 Å². The fraction of sp³-hybridized carbons (Fsp3) is 0.286. The lowest BCUT2D eigenvalue weighted by molar-refractivity contribution is -0.121. The van der Waals surface area contributed by atoms with Gasteiger partial charge in [0.25, 0.3) is 5.91 Å². The zero-order valence-corrected chi connectivity index (χ0v) is 16.6. The van der Waals surface area contributed by atoms with E-state index < -0.39 is 6.09 Å². The van der Waals surface area contributed by atoms with Crippen molar-refractivity contribution in [1.29, 1.82) is 0 Å². The Bertz CT molecular complexity index is 917. The summed E-state index contributed by atoms with van der Waals surface area (Å²) >= 11 is 0. The zero-order chi connectivity index (χ0) is 21.3. The van der Waals surface area contributed by atoms with E-state index in [0.29, 0.717) is 29.4 Å². The molecule has 0 radical (unpaired) electrons. The molecule has 0 atom stereocenters. The summed E-state index contributed by atoms with van der Waals surface area (Å²) in [5.41, 5.74) is 1.65. The van der Waals surface area contributed by atoms with Gasteiger partial charge in [0.05, 0.1) is 12.3 Å². The van der Waals surface area contributed by atoms with Crippen LogP contribution >= 0.6 is 0 Å². The number of hydrogen-bond acceptors (Lipinski definition) is 6. The molecule has 0 aromatic heterocycles. The van der Waals surface area contributed by atoms with E-state index in [1.165, 1.54) is 7.11 Å². The lowest BCUT2D eigenvalue weighted by Crippen LogP contribution is -2.40. The second-order valence-corrected chi connectivity index (χ2v) is 6.43. The van der Waals surface area contributed by atoms with E-state index in [1.807, 2.05) is 12.1 Å².